The van der Waals surface area contributed by atoms with E-state index in [-0.39, 0.29) is 12.5 Å². The lowest BCUT2D eigenvalue weighted by Crippen LogP contribution is -2.58. The monoisotopic (exact) mass is 234 g/mol. The van der Waals surface area contributed by atoms with Gasteiger partial charge in [-0.15, -0.1) is 0 Å². The lowest BCUT2D eigenvalue weighted by Gasteiger charge is -2.36. The predicted molar refractivity (Wildman–Crippen MR) is 65.0 cm³/mol. The number of benzene rings is 1. The summed E-state index contributed by atoms with van der Waals surface area (Å²) in [5.74, 6) is -0.0712. The predicted octanol–water partition coefficient (Wildman–Crippen LogP) is 0.676. The Bertz CT molecular complexity index is 414. The standard InChI is InChI=1S/C13H18N2O2/c14-13(5-2-6-13)12(17)15-8-10-3-1-4-11(7-10)9-16/h1,3-4,7,16H,2,5-6,8-9,14H2,(H,15,17). The Hall–Kier alpha value is -1.39. The van der Waals surface area contributed by atoms with E-state index in [4.69, 9.17) is 10.8 Å². The van der Waals surface area contributed by atoms with Crippen LogP contribution in [0.4, 0.5) is 0 Å². The van der Waals surface area contributed by atoms with Gasteiger partial charge in [-0.3, -0.25) is 4.79 Å². The van der Waals surface area contributed by atoms with Gasteiger partial charge in [0.05, 0.1) is 12.1 Å². The van der Waals surface area contributed by atoms with Crippen LogP contribution in [0.1, 0.15) is 30.4 Å². The zero-order valence-corrected chi connectivity index (χ0v) is 9.78. The zero-order chi connectivity index (χ0) is 12.3. The van der Waals surface area contributed by atoms with Crippen LogP contribution >= 0.6 is 0 Å². The highest BCUT2D eigenvalue weighted by molar-refractivity contribution is 5.86. The van der Waals surface area contributed by atoms with Gasteiger partial charge in [0, 0.05) is 6.54 Å². The highest BCUT2D eigenvalue weighted by Crippen LogP contribution is 2.29. The van der Waals surface area contributed by atoms with Gasteiger partial charge in [0.1, 0.15) is 0 Å². The molecule has 0 atom stereocenters. The summed E-state index contributed by atoms with van der Waals surface area (Å²) in [5, 5.41) is 11.9. The molecule has 1 aromatic rings. The number of carbonyl (C=O) groups excluding carboxylic acids is 1. The van der Waals surface area contributed by atoms with Crippen LogP contribution in [0.5, 0.6) is 0 Å². The molecular formula is C13H18N2O2. The summed E-state index contributed by atoms with van der Waals surface area (Å²) in [6, 6.07) is 7.52. The molecule has 1 aliphatic rings. The molecule has 1 aliphatic carbocycles. The maximum Gasteiger partial charge on any atom is 0.240 e. The Labute approximate surface area is 101 Å². The number of hydrogen-bond donors (Lipinski definition) is 3. The minimum atomic E-state index is -0.644. The minimum absolute atomic E-state index is 0.0165. The van der Waals surface area contributed by atoms with Crippen molar-refractivity contribution in [1.82, 2.24) is 5.32 Å². The molecule has 0 saturated heterocycles. The fourth-order valence-electron chi connectivity index (χ4n) is 1.98. The number of amides is 1. The molecule has 0 spiro atoms. The molecule has 2 rings (SSSR count). The molecular weight excluding hydrogens is 216 g/mol. The van der Waals surface area contributed by atoms with Gasteiger partial charge in [0.25, 0.3) is 0 Å². The lowest BCUT2D eigenvalue weighted by atomic mass is 9.77. The topological polar surface area (TPSA) is 75.4 Å². The van der Waals surface area contributed by atoms with Gasteiger partial charge in [-0.25, -0.2) is 0 Å². The third kappa shape index (κ3) is 2.65. The van der Waals surface area contributed by atoms with Gasteiger partial charge in [-0.05, 0) is 30.4 Å². The smallest absolute Gasteiger partial charge is 0.240 e. The zero-order valence-electron chi connectivity index (χ0n) is 9.78. The molecule has 92 valence electrons. The Morgan fingerprint density at radius 3 is 2.71 bits per heavy atom. The SMILES string of the molecule is NC1(C(=O)NCc2cccc(CO)c2)CCC1. The van der Waals surface area contributed by atoms with Crippen molar-refractivity contribution in [2.75, 3.05) is 0 Å². The number of nitrogens with one attached hydrogen (secondary N) is 1. The molecule has 4 N–H and O–H groups in total. The summed E-state index contributed by atoms with van der Waals surface area (Å²) in [5.41, 5.74) is 7.10. The summed E-state index contributed by atoms with van der Waals surface area (Å²) >= 11 is 0. The average molecular weight is 234 g/mol. The van der Waals surface area contributed by atoms with Gasteiger partial charge < -0.3 is 16.2 Å². The molecule has 0 radical (unpaired) electrons. The quantitative estimate of drug-likeness (QED) is 0.717. The molecule has 17 heavy (non-hydrogen) atoms. The van der Waals surface area contributed by atoms with Crippen LogP contribution in [-0.4, -0.2) is 16.6 Å². The maximum absolute atomic E-state index is 11.8. The molecule has 1 amide bonds. The molecule has 0 aromatic heterocycles. The average Bonchev–Trinajstić information content (AvgIpc) is 2.33. The van der Waals surface area contributed by atoms with E-state index in [0.29, 0.717) is 6.54 Å². The molecule has 1 saturated carbocycles. The number of nitrogens with two attached hydrogens (primary N) is 1. The summed E-state index contributed by atoms with van der Waals surface area (Å²) in [4.78, 5) is 11.8. The first kappa shape index (κ1) is 12.1. The van der Waals surface area contributed by atoms with E-state index in [2.05, 4.69) is 5.32 Å². The van der Waals surface area contributed by atoms with Crippen LogP contribution in [0.2, 0.25) is 0 Å². The second kappa shape index (κ2) is 4.85. The van der Waals surface area contributed by atoms with Gasteiger partial charge >= 0.3 is 0 Å². The second-order valence-corrected chi connectivity index (χ2v) is 4.67. The van der Waals surface area contributed by atoms with Crippen molar-refractivity contribution in [2.45, 2.75) is 38.0 Å². The first-order valence-corrected chi connectivity index (χ1v) is 5.90. The van der Waals surface area contributed by atoms with Crippen LogP contribution in [0.15, 0.2) is 24.3 Å². The molecule has 0 aliphatic heterocycles. The molecule has 0 bridgehead atoms. The molecule has 0 unspecified atom stereocenters. The summed E-state index contributed by atoms with van der Waals surface area (Å²) in [6.45, 7) is 0.480. The second-order valence-electron chi connectivity index (χ2n) is 4.67. The maximum atomic E-state index is 11.8. The normalized spacial score (nSPS) is 17.3. The van der Waals surface area contributed by atoms with Gasteiger partial charge in [-0.2, -0.15) is 0 Å². The van der Waals surface area contributed by atoms with Gasteiger partial charge in [0.2, 0.25) is 5.91 Å². The van der Waals surface area contributed by atoms with E-state index in [1.54, 1.807) is 0 Å². The van der Waals surface area contributed by atoms with Gasteiger partial charge in [0.15, 0.2) is 0 Å². The van der Waals surface area contributed by atoms with E-state index in [0.717, 1.165) is 30.4 Å². The summed E-state index contributed by atoms with van der Waals surface area (Å²) < 4.78 is 0. The van der Waals surface area contributed by atoms with Crippen LogP contribution in [0.3, 0.4) is 0 Å². The Morgan fingerprint density at radius 2 is 2.12 bits per heavy atom. The fraction of sp³-hybridized carbons (Fsp3) is 0.462. The van der Waals surface area contributed by atoms with Crippen LogP contribution in [-0.2, 0) is 17.9 Å². The largest absolute Gasteiger partial charge is 0.392 e. The van der Waals surface area contributed by atoms with Crippen molar-refractivity contribution in [2.24, 2.45) is 5.73 Å². The highest BCUT2D eigenvalue weighted by Gasteiger charge is 2.39. The molecule has 1 fully saturated rings. The number of aliphatic hydroxyl groups is 1. The first-order chi connectivity index (χ1) is 8.14. The van der Waals surface area contributed by atoms with Crippen molar-refractivity contribution in [1.29, 1.82) is 0 Å². The lowest BCUT2D eigenvalue weighted by molar-refractivity contribution is -0.129. The van der Waals surface area contributed by atoms with Crippen LogP contribution in [0, 0.1) is 0 Å². The molecule has 4 heteroatoms. The number of carbonyl (C=O) groups is 1. The van der Waals surface area contributed by atoms with E-state index in [1.807, 2.05) is 24.3 Å². The van der Waals surface area contributed by atoms with Crippen LogP contribution < -0.4 is 11.1 Å². The first-order valence-electron chi connectivity index (χ1n) is 5.90. The number of aliphatic hydroxyl groups excluding tert-OH is 1. The van der Waals surface area contributed by atoms with Gasteiger partial charge in [-0.1, -0.05) is 24.3 Å². The van der Waals surface area contributed by atoms with Crippen molar-refractivity contribution in [3.63, 3.8) is 0 Å². The number of hydrogen-bond acceptors (Lipinski definition) is 3. The van der Waals surface area contributed by atoms with E-state index in [9.17, 15) is 4.79 Å². The molecule has 4 nitrogen and oxygen atoms in total. The van der Waals surface area contributed by atoms with E-state index >= 15 is 0 Å². The fourth-order valence-corrected chi connectivity index (χ4v) is 1.98. The van der Waals surface area contributed by atoms with Crippen molar-refractivity contribution in [3.05, 3.63) is 35.4 Å². The third-order valence-corrected chi connectivity index (χ3v) is 3.33. The Morgan fingerprint density at radius 1 is 1.41 bits per heavy atom. The number of rotatable bonds is 4. The van der Waals surface area contributed by atoms with Crippen molar-refractivity contribution < 1.29 is 9.90 Å². The molecule has 0 heterocycles. The van der Waals surface area contributed by atoms with Crippen molar-refractivity contribution >= 4 is 5.91 Å². The third-order valence-electron chi connectivity index (χ3n) is 3.33. The summed E-state index contributed by atoms with van der Waals surface area (Å²) in [6.07, 6.45) is 2.58. The van der Waals surface area contributed by atoms with E-state index in [1.165, 1.54) is 0 Å². The Kier molecular flexibility index (Phi) is 3.45. The highest BCUT2D eigenvalue weighted by atomic mass is 16.3. The molecule has 1 aromatic carbocycles. The van der Waals surface area contributed by atoms with E-state index < -0.39 is 5.54 Å². The van der Waals surface area contributed by atoms with Crippen molar-refractivity contribution in [3.8, 4) is 0 Å². The Balaban J connectivity index is 1.91. The van der Waals surface area contributed by atoms with Crippen LogP contribution in [0.25, 0.3) is 0 Å². The summed E-state index contributed by atoms with van der Waals surface area (Å²) in [7, 11) is 0. The minimum Gasteiger partial charge on any atom is -0.392 e.